The molecule has 0 spiro atoms. The molecule has 1 aliphatic rings. The first-order valence-corrected chi connectivity index (χ1v) is 8.70. The average molecular weight is 323 g/mol. The van der Waals surface area contributed by atoms with E-state index in [-0.39, 0.29) is 11.8 Å². The highest BCUT2D eigenvalue weighted by Gasteiger charge is 2.27. The Morgan fingerprint density at radius 2 is 1.83 bits per heavy atom. The van der Waals surface area contributed by atoms with Crippen LogP contribution in [0.4, 0.5) is 5.69 Å². The SMILES string of the molecule is CCC(C(=O)N1CCN(c2ccnc(C)c2)CC1)c1ccccc1. The van der Waals surface area contributed by atoms with Crippen LogP contribution >= 0.6 is 0 Å². The maximum absolute atomic E-state index is 12.9. The summed E-state index contributed by atoms with van der Waals surface area (Å²) in [6.07, 6.45) is 2.69. The molecule has 24 heavy (non-hydrogen) atoms. The Labute approximate surface area is 144 Å². The van der Waals surface area contributed by atoms with Crippen molar-refractivity contribution in [2.45, 2.75) is 26.2 Å². The lowest BCUT2D eigenvalue weighted by Gasteiger charge is -2.37. The van der Waals surface area contributed by atoms with Crippen LogP contribution in [0.2, 0.25) is 0 Å². The Kier molecular flexibility index (Phi) is 5.14. The third kappa shape index (κ3) is 3.58. The van der Waals surface area contributed by atoms with Gasteiger partial charge in [0.2, 0.25) is 5.91 Å². The van der Waals surface area contributed by atoms with E-state index in [0.29, 0.717) is 0 Å². The summed E-state index contributed by atoms with van der Waals surface area (Å²) in [5, 5.41) is 0. The zero-order valence-corrected chi connectivity index (χ0v) is 14.5. The molecule has 1 aliphatic heterocycles. The van der Waals surface area contributed by atoms with Gasteiger partial charge >= 0.3 is 0 Å². The molecule has 3 rings (SSSR count). The van der Waals surface area contributed by atoms with E-state index in [1.54, 1.807) is 0 Å². The van der Waals surface area contributed by atoms with E-state index in [0.717, 1.165) is 43.9 Å². The molecule has 2 aromatic rings. The highest BCUT2D eigenvalue weighted by Crippen LogP contribution is 2.24. The molecule has 126 valence electrons. The van der Waals surface area contributed by atoms with Crippen molar-refractivity contribution >= 4 is 11.6 Å². The Morgan fingerprint density at radius 1 is 1.12 bits per heavy atom. The van der Waals surface area contributed by atoms with Gasteiger partial charge < -0.3 is 9.80 Å². The largest absolute Gasteiger partial charge is 0.368 e. The number of pyridine rings is 1. The Bertz CT molecular complexity index is 678. The topological polar surface area (TPSA) is 36.4 Å². The number of amides is 1. The minimum absolute atomic E-state index is 0.0269. The molecule has 1 atom stereocenters. The quantitative estimate of drug-likeness (QED) is 0.867. The molecular weight excluding hydrogens is 298 g/mol. The fraction of sp³-hybridized carbons (Fsp3) is 0.400. The number of hydrogen-bond donors (Lipinski definition) is 0. The maximum Gasteiger partial charge on any atom is 0.230 e. The molecule has 0 bridgehead atoms. The molecule has 4 heteroatoms. The van der Waals surface area contributed by atoms with E-state index in [4.69, 9.17) is 0 Å². The summed E-state index contributed by atoms with van der Waals surface area (Å²) in [6.45, 7) is 7.41. The van der Waals surface area contributed by atoms with Crippen LogP contribution in [-0.4, -0.2) is 42.0 Å². The molecule has 4 nitrogen and oxygen atoms in total. The number of benzene rings is 1. The zero-order valence-electron chi connectivity index (χ0n) is 14.5. The van der Waals surface area contributed by atoms with E-state index in [2.05, 4.69) is 35.0 Å². The number of carbonyl (C=O) groups is 1. The predicted molar refractivity (Wildman–Crippen MR) is 97.2 cm³/mol. The highest BCUT2D eigenvalue weighted by atomic mass is 16.2. The van der Waals surface area contributed by atoms with Crippen LogP contribution in [0.1, 0.15) is 30.5 Å². The Balaban J connectivity index is 1.64. The van der Waals surface area contributed by atoms with Gasteiger partial charge in [-0.25, -0.2) is 0 Å². The van der Waals surface area contributed by atoms with Crippen LogP contribution in [0, 0.1) is 6.92 Å². The van der Waals surface area contributed by atoms with Crippen LogP contribution in [0.5, 0.6) is 0 Å². The summed E-state index contributed by atoms with van der Waals surface area (Å²) < 4.78 is 0. The number of rotatable bonds is 4. The molecule has 1 aromatic carbocycles. The maximum atomic E-state index is 12.9. The number of carbonyl (C=O) groups excluding carboxylic acids is 1. The lowest BCUT2D eigenvalue weighted by Crippen LogP contribution is -2.50. The number of aromatic nitrogens is 1. The van der Waals surface area contributed by atoms with Crippen LogP contribution in [0.15, 0.2) is 48.7 Å². The van der Waals surface area contributed by atoms with Gasteiger partial charge in [-0.15, -0.1) is 0 Å². The van der Waals surface area contributed by atoms with Crippen molar-refractivity contribution in [1.82, 2.24) is 9.88 Å². The van der Waals surface area contributed by atoms with Crippen molar-refractivity contribution in [3.63, 3.8) is 0 Å². The fourth-order valence-corrected chi connectivity index (χ4v) is 3.37. The van der Waals surface area contributed by atoms with E-state index in [9.17, 15) is 4.79 Å². The molecule has 0 aliphatic carbocycles. The number of hydrogen-bond acceptors (Lipinski definition) is 3. The van der Waals surface area contributed by atoms with Crippen LogP contribution in [-0.2, 0) is 4.79 Å². The smallest absolute Gasteiger partial charge is 0.230 e. The summed E-state index contributed by atoms with van der Waals surface area (Å²) in [5.74, 6) is 0.232. The summed E-state index contributed by atoms with van der Waals surface area (Å²) in [6, 6.07) is 14.3. The molecule has 0 radical (unpaired) electrons. The van der Waals surface area contributed by atoms with Crippen molar-refractivity contribution in [2.75, 3.05) is 31.1 Å². The van der Waals surface area contributed by atoms with Crippen molar-refractivity contribution in [2.24, 2.45) is 0 Å². The van der Waals surface area contributed by atoms with Crippen molar-refractivity contribution in [3.8, 4) is 0 Å². The number of nitrogens with zero attached hydrogens (tertiary/aromatic N) is 3. The Morgan fingerprint density at radius 3 is 2.46 bits per heavy atom. The lowest BCUT2D eigenvalue weighted by atomic mass is 9.95. The third-order valence-corrected chi connectivity index (χ3v) is 4.75. The molecule has 0 saturated carbocycles. The summed E-state index contributed by atoms with van der Waals surface area (Å²) >= 11 is 0. The average Bonchev–Trinajstić information content (AvgIpc) is 2.63. The minimum Gasteiger partial charge on any atom is -0.368 e. The van der Waals surface area contributed by atoms with Crippen molar-refractivity contribution in [1.29, 1.82) is 0 Å². The molecule has 1 fully saturated rings. The molecule has 1 saturated heterocycles. The van der Waals surface area contributed by atoms with Crippen LogP contribution in [0.25, 0.3) is 0 Å². The van der Waals surface area contributed by atoms with Gasteiger partial charge in [-0.05, 0) is 31.0 Å². The molecule has 2 heterocycles. The van der Waals surface area contributed by atoms with Gasteiger partial charge in [0, 0.05) is 43.8 Å². The highest BCUT2D eigenvalue weighted by molar-refractivity contribution is 5.84. The fourth-order valence-electron chi connectivity index (χ4n) is 3.37. The van der Waals surface area contributed by atoms with E-state index in [1.807, 2.05) is 42.3 Å². The van der Waals surface area contributed by atoms with E-state index in [1.165, 1.54) is 5.69 Å². The molecular formula is C20H25N3O. The number of aryl methyl sites for hydroxylation is 1. The first-order valence-electron chi connectivity index (χ1n) is 8.70. The summed E-state index contributed by atoms with van der Waals surface area (Å²) in [5.41, 5.74) is 3.35. The molecule has 1 aromatic heterocycles. The lowest BCUT2D eigenvalue weighted by molar-refractivity contribution is -0.133. The van der Waals surface area contributed by atoms with Gasteiger partial charge in [-0.2, -0.15) is 0 Å². The second kappa shape index (κ2) is 7.47. The monoisotopic (exact) mass is 323 g/mol. The first kappa shape index (κ1) is 16.5. The third-order valence-electron chi connectivity index (χ3n) is 4.75. The van der Waals surface area contributed by atoms with Gasteiger partial charge in [0.1, 0.15) is 0 Å². The number of piperazine rings is 1. The van der Waals surface area contributed by atoms with Crippen molar-refractivity contribution in [3.05, 3.63) is 59.9 Å². The van der Waals surface area contributed by atoms with E-state index >= 15 is 0 Å². The van der Waals surface area contributed by atoms with E-state index < -0.39 is 0 Å². The predicted octanol–water partition coefficient (Wildman–Crippen LogP) is 3.23. The van der Waals surface area contributed by atoms with Crippen molar-refractivity contribution < 1.29 is 4.79 Å². The summed E-state index contributed by atoms with van der Waals surface area (Å²) in [7, 11) is 0. The second-order valence-corrected chi connectivity index (χ2v) is 6.34. The standard InChI is InChI=1S/C20H25N3O/c1-3-19(17-7-5-4-6-8-17)20(24)23-13-11-22(12-14-23)18-9-10-21-16(2)15-18/h4-10,15,19H,3,11-14H2,1-2H3. The second-order valence-electron chi connectivity index (χ2n) is 6.34. The number of anilines is 1. The van der Waals surface area contributed by atoms with Gasteiger partial charge in [0.15, 0.2) is 0 Å². The normalized spacial score (nSPS) is 16.1. The van der Waals surface area contributed by atoms with Gasteiger partial charge in [0.25, 0.3) is 0 Å². The summed E-state index contributed by atoms with van der Waals surface area (Å²) in [4.78, 5) is 21.5. The first-order chi connectivity index (χ1) is 11.7. The zero-order chi connectivity index (χ0) is 16.9. The molecule has 0 N–H and O–H groups in total. The van der Waals surface area contributed by atoms with Crippen LogP contribution in [0.3, 0.4) is 0 Å². The molecule has 1 unspecified atom stereocenters. The van der Waals surface area contributed by atoms with Gasteiger partial charge in [-0.3, -0.25) is 9.78 Å². The van der Waals surface area contributed by atoms with Crippen LogP contribution < -0.4 is 4.90 Å². The Hall–Kier alpha value is -2.36. The van der Waals surface area contributed by atoms with Gasteiger partial charge in [-0.1, -0.05) is 37.3 Å². The minimum atomic E-state index is -0.0269. The molecule has 1 amide bonds. The van der Waals surface area contributed by atoms with Gasteiger partial charge in [0.05, 0.1) is 5.92 Å².